The van der Waals surface area contributed by atoms with E-state index >= 15 is 0 Å². The predicted octanol–water partition coefficient (Wildman–Crippen LogP) is 1.16. The van der Waals surface area contributed by atoms with Crippen LogP contribution >= 0.6 is 0 Å². The van der Waals surface area contributed by atoms with E-state index in [0.717, 1.165) is 12.8 Å². The number of carbonyl (C=O) groups excluding carboxylic acids is 1. The standard InChI is InChI=1S/C14H19N3O4/c1-15-14(19)11-2-3-12(13(8-11)17(20)21)16-6-4-10(9-18)5-7-16/h2-3,8,10,18H,4-7,9H2,1H3,(H,15,19). The van der Waals surface area contributed by atoms with Crippen molar-refractivity contribution in [2.45, 2.75) is 12.8 Å². The molecule has 1 saturated heterocycles. The molecular weight excluding hydrogens is 274 g/mol. The lowest BCUT2D eigenvalue weighted by Crippen LogP contribution is -2.35. The molecule has 1 heterocycles. The first-order valence-corrected chi connectivity index (χ1v) is 6.93. The fraction of sp³-hybridized carbons (Fsp3) is 0.500. The smallest absolute Gasteiger partial charge is 0.293 e. The van der Waals surface area contributed by atoms with E-state index in [1.807, 2.05) is 4.90 Å². The minimum absolute atomic E-state index is 0.0569. The fourth-order valence-corrected chi connectivity index (χ4v) is 2.58. The van der Waals surface area contributed by atoms with Crippen LogP contribution in [0.4, 0.5) is 11.4 Å². The number of nitrogens with zero attached hydrogens (tertiary/aromatic N) is 2. The summed E-state index contributed by atoms with van der Waals surface area (Å²) in [5.74, 6) is -0.0749. The third kappa shape index (κ3) is 3.30. The van der Waals surface area contributed by atoms with Gasteiger partial charge in [-0.05, 0) is 30.9 Å². The molecule has 1 aromatic carbocycles. The number of nitro benzene ring substituents is 1. The van der Waals surface area contributed by atoms with E-state index in [0.29, 0.717) is 18.8 Å². The van der Waals surface area contributed by atoms with Gasteiger partial charge in [0.2, 0.25) is 0 Å². The molecular formula is C14H19N3O4. The van der Waals surface area contributed by atoms with Crippen LogP contribution in [-0.2, 0) is 0 Å². The van der Waals surface area contributed by atoms with Crippen molar-refractivity contribution >= 4 is 17.3 Å². The summed E-state index contributed by atoms with van der Waals surface area (Å²) >= 11 is 0. The van der Waals surface area contributed by atoms with Crippen molar-refractivity contribution in [3.63, 3.8) is 0 Å². The zero-order valence-corrected chi connectivity index (χ0v) is 11.9. The first-order chi connectivity index (χ1) is 10.1. The number of nitro groups is 1. The van der Waals surface area contributed by atoms with Gasteiger partial charge >= 0.3 is 0 Å². The Balaban J connectivity index is 2.27. The molecule has 0 saturated carbocycles. The first-order valence-electron chi connectivity index (χ1n) is 6.93. The highest BCUT2D eigenvalue weighted by Gasteiger charge is 2.25. The van der Waals surface area contributed by atoms with Crippen LogP contribution in [0.15, 0.2) is 18.2 Å². The SMILES string of the molecule is CNC(=O)c1ccc(N2CCC(CO)CC2)c([N+](=O)[O-])c1. The van der Waals surface area contributed by atoms with E-state index in [2.05, 4.69) is 5.32 Å². The molecule has 0 aliphatic carbocycles. The molecule has 0 atom stereocenters. The van der Waals surface area contributed by atoms with Gasteiger partial charge in [-0.15, -0.1) is 0 Å². The molecule has 2 N–H and O–H groups in total. The summed E-state index contributed by atoms with van der Waals surface area (Å²) in [6.07, 6.45) is 1.62. The second kappa shape index (κ2) is 6.53. The molecule has 114 valence electrons. The van der Waals surface area contributed by atoms with Crippen molar-refractivity contribution in [2.75, 3.05) is 31.6 Å². The van der Waals surface area contributed by atoms with Crippen molar-refractivity contribution in [1.82, 2.24) is 5.32 Å². The first kappa shape index (κ1) is 15.2. The van der Waals surface area contributed by atoms with Gasteiger partial charge in [-0.3, -0.25) is 14.9 Å². The molecule has 1 aromatic rings. The molecule has 1 amide bonds. The average Bonchev–Trinajstić information content (AvgIpc) is 2.53. The van der Waals surface area contributed by atoms with Gasteiger partial charge in [0.25, 0.3) is 11.6 Å². The second-order valence-corrected chi connectivity index (χ2v) is 5.15. The summed E-state index contributed by atoms with van der Waals surface area (Å²) in [6, 6.07) is 4.54. The minimum Gasteiger partial charge on any atom is -0.396 e. The van der Waals surface area contributed by atoms with Gasteiger partial charge in [0, 0.05) is 38.4 Å². The van der Waals surface area contributed by atoms with Gasteiger partial charge in [-0.25, -0.2) is 0 Å². The Morgan fingerprint density at radius 3 is 2.67 bits per heavy atom. The Labute approximate surface area is 122 Å². The Morgan fingerprint density at radius 1 is 1.48 bits per heavy atom. The highest BCUT2D eigenvalue weighted by atomic mass is 16.6. The van der Waals surface area contributed by atoms with E-state index in [9.17, 15) is 14.9 Å². The van der Waals surface area contributed by atoms with Gasteiger partial charge in [0.05, 0.1) is 4.92 Å². The number of carbonyl (C=O) groups is 1. The molecule has 0 spiro atoms. The maximum atomic E-state index is 11.6. The number of piperidine rings is 1. The second-order valence-electron chi connectivity index (χ2n) is 5.15. The minimum atomic E-state index is -0.458. The van der Waals surface area contributed by atoms with Gasteiger partial charge in [-0.1, -0.05) is 0 Å². The van der Waals surface area contributed by atoms with E-state index < -0.39 is 4.92 Å². The number of anilines is 1. The Morgan fingerprint density at radius 2 is 2.14 bits per heavy atom. The van der Waals surface area contributed by atoms with E-state index in [4.69, 9.17) is 5.11 Å². The molecule has 0 aromatic heterocycles. The maximum absolute atomic E-state index is 11.6. The van der Waals surface area contributed by atoms with Crippen LogP contribution in [-0.4, -0.2) is 42.7 Å². The largest absolute Gasteiger partial charge is 0.396 e. The van der Waals surface area contributed by atoms with Crippen molar-refractivity contribution < 1.29 is 14.8 Å². The van der Waals surface area contributed by atoms with Gasteiger partial charge in [0.15, 0.2) is 0 Å². The molecule has 21 heavy (non-hydrogen) atoms. The van der Waals surface area contributed by atoms with E-state index in [1.54, 1.807) is 12.1 Å². The molecule has 2 rings (SSSR count). The normalized spacial score (nSPS) is 15.8. The molecule has 7 nitrogen and oxygen atoms in total. The van der Waals surface area contributed by atoms with Crippen LogP contribution in [0.5, 0.6) is 0 Å². The van der Waals surface area contributed by atoms with Crippen molar-refractivity contribution in [1.29, 1.82) is 0 Å². The number of aliphatic hydroxyl groups excluding tert-OH is 1. The third-order valence-electron chi connectivity index (χ3n) is 3.87. The molecule has 0 unspecified atom stereocenters. The Kier molecular flexibility index (Phi) is 4.74. The highest BCUT2D eigenvalue weighted by molar-refractivity contribution is 5.95. The number of benzene rings is 1. The monoisotopic (exact) mass is 293 g/mol. The van der Waals surface area contributed by atoms with E-state index in [1.165, 1.54) is 13.1 Å². The lowest BCUT2D eigenvalue weighted by molar-refractivity contribution is -0.384. The topological polar surface area (TPSA) is 95.7 Å². The van der Waals surface area contributed by atoms with E-state index in [-0.39, 0.29) is 29.7 Å². The van der Waals surface area contributed by atoms with Crippen molar-refractivity contribution in [2.24, 2.45) is 5.92 Å². The summed E-state index contributed by atoms with van der Waals surface area (Å²) in [5, 5.41) is 22.9. The van der Waals surface area contributed by atoms with Gasteiger partial charge in [0.1, 0.15) is 5.69 Å². The Bertz CT molecular complexity index is 539. The zero-order valence-electron chi connectivity index (χ0n) is 11.9. The maximum Gasteiger partial charge on any atom is 0.293 e. The number of hydrogen-bond donors (Lipinski definition) is 2. The number of hydrogen-bond acceptors (Lipinski definition) is 5. The van der Waals surface area contributed by atoms with Gasteiger partial charge in [-0.2, -0.15) is 0 Å². The number of amides is 1. The molecule has 0 bridgehead atoms. The van der Waals surface area contributed by atoms with Crippen LogP contribution < -0.4 is 10.2 Å². The summed E-state index contributed by atoms with van der Waals surface area (Å²) in [7, 11) is 1.49. The fourth-order valence-electron chi connectivity index (χ4n) is 2.58. The van der Waals surface area contributed by atoms with Crippen LogP contribution in [0.25, 0.3) is 0 Å². The number of nitrogens with one attached hydrogen (secondary N) is 1. The number of rotatable bonds is 4. The molecule has 0 radical (unpaired) electrons. The van der Waals surface area contributed by atoms with Gasteiger partial charge < -0.3 is 15.3 Å². The molecule has 1 fully saturated rings. The van der Waals surface area contributed by atoms with Crippen LogP contribution in [0.3, 0.4) is 0 Å². The predicted molar refractivity (Wildman–Crippen MR) is 78.5 cm³/mol. The summed E-state index contributed by atoms with van der Waals surface area (Å²) in [4.78, 5) is 24.3. The van der Waals surface area contributed by atoms with Crippen molar-refractivity contribution in [3.8, 4) is 0 Å². The summed E-state index contributed by atoms with van der Waals surface area (Å²) < 4.78 is 0. The molecule has 7 heteroatoms. The van der Waals surface area contributed by atoms with Crippen LogP contribution in [0, 0.1) is 16.0 Å². The highest BCUT2D eigenvalue weighted by Crippen LogP contribution is 2.32. The third-order valence-corrected chi connectivity index (χ3v) is 3.87. The lowest BCUT2D eigenvalue weighted by Gasteiger charge is -2.32. The summed E-state index contributed by atoms with van der Waals surface area (Å²) in [6.45, 7) is 1.50. The van der Waals surface area contributed by atoms with Crippen LogP contribution in [0.1, 0.15) is 23.2 Å². The molecule has 1 aliphatic rings. The number of aliphatic hydroxyl groups is 1. The Hall–Kier alpha value is -2.15. The molecule has 1 aliphatic heterocycles. The quantitative estimate of drug-likeness (QED) is 0.641. The zero-order chi connectivity index (χ0) is 15.4. The lowest BCUT2D eigenvalue weighted by atomic mass is 9.97. The van der Waals surface area contributed by atoms with Crippen molar-refractivity contribution in [3.05, 3.63) is 33.9 Å². The van der Waals surface area contributed by atoms with Crippen LogP contribution in [0.2, 0.25) is 0 Å². The average molecular weight is 293 g/mol. The summed E-state index contributed by atoms with van der Waals surface area (Å²) in [5.41, 5.74) is 0.751.